The van der Waals surface area contributed by atoms with Gasteiger partial charge in [-0.2, -0.15) is 0 Å². The lowest BCUT2D eigenvalue weighted by Gasteiger charge is -2.20. The van der Waals surface area contributed by atoms with E-state index in [-0.39, 0.29) is 5.60 Å². The Balaban J connectivity index is 1.68. The summed E-state index contributed by atoms with van der Waals surface area (Å²) in [4.78, 5) is 0. The Hall–Kier alpha value is -0.300. The Kier molecular flexibility index (Phi) is 1.27. The number of hydrogen-bond acceptors (Lipinski definition) is 1. The maximum atomic E-state index is 9.79. The first-order chi connectivity index (χ1) is 5.75. The van der Waals surface area contributed by atoms with Crippen molar-refractivity contribution in [3.05, 3.63) is 12.2 Å². The molecule has 3 rings (SSSR count). The van der Waals surface area contributed by atoms with Crippen LogP contribution in [0, 0.1) is 17.8 Å². The predicted octanol–water partition coefficient (Wildman–Crippen LogP) is 2.11. The van der Waals surface area contributed by atoms with Gasteiger partial charge in [-0.05, 0) is 49.9 Å². The minimum Gasteiger partial charge on any atom is -0.390 e. The third-order valence-electron chi connectivity index (χ3n) is 3.89. The van der Waals surface area contributed by atoms with E-state index in [0.717, 1.165) is 37.0 Å². The maximum Gasteiger partial charge on any atom is 0.0652 e. The molecule has 1 heteroatoms. The Morgan fingerprint density at radius 3 is 2.58 bits per heavy atom. The first-order valence-electron chi connectivity index (χ1n) is 5.16. The molecular weight excluding hydrogens is 148 g/mol. The SMILES string of the molecule is OC1(CC2CC3C=CC2C3)CC1. The second-order valence-electron chi connectivity index (χ2n) is 4.97. The van der Waals surface area contributed by atoms with Crippen molar-refractivity contribution in [2.45, 2.75) is 37.7 Å². The van der Waals surface area contributed by atoms with Crippen LogP contribution in [0.2, 0.25) is 0 Å². The van der Waals surface area contributed by atoms with E-state index in [1.807, 2.05) is 0 Å². The molecule has 0 spiro atoms. The van der Waals surface area contributed by atoms with Crippen LogP contribution >= 0.6 is 0 Å². The molecule has 1 nitrogen and oxygen atoms in total. The van der Waals surface area contributed by atoms with E-state index in [1.165, 1.54) is 12.8 Å². The van der Waals surface area contributed by atoms with Crippen molar-refractivity contribution in [1.82, 2.24) is 0 Å². The smallest absolute Gasteiger partial charge is 0.0652 e. The van der Waals surface area contributed by atoms with Crippen molar-refractivity contribution in [1.29, 1.82) is 0 Å². The van der Waals surface area contributed by atoms with E-state index >= 15 is 0 Å². The highest BCUT2D eigenvalue weighted by Gasteiger charge is 2.46. The van der Waals surface area contributed by atoms with E-state index in [1.54, 1.807) is 0 Å². The lowest BCUT2D eigenvalue weighted by molar-refractivity contribution is 0.111. The maximum absolute atomic E-state index is 9.79. The molecule has 2 bridgehead atoms. The van der Waals surface area contributed by atoms with Gasteiger partial charge in [0.25, 0.3) is 0 Å². The van der Waals surface area contributed by atoms with Crippen LogP contribution in [0.3, 0.4) is 0 Å². The summed E-state index contributed by atoms with van der Waals surface area (Å²) in [6.45, 7) is 0. The predicted molar refractivity (Wildman–Crippen MR) is 47.6 cm³/mol. The molecule has 0 saturated heterocycles. The topological polar surface area (TPSA) is 20.2 Å². The molecule has 0 aromatic carbocycles. The first-order valence-corrected chi connectivity index (χ1v) is 5.16. The summed E-state index contributed by atoms with van der Waals surface area (Å²) in [5.41, 5.74) is -0.219. The van der Waals surface area contributed by atoms with Crippen molar-refractivity contribution in [3.8, 4) is 0 Å². The summed E-state index contributed by atoms with van der Waals surface area (Å²) < 4.78 is 0. The van der Waals surface area contributed by atoms with Crippen molar-refractivity contribution in [2.24, 2.45) is 17.8 Å². The first kappa shape index (κ1) is 7.14. The van der Waals surface area contributed by atoms with E-state index in [9.17, 15) is 5.11 Å². The molecule has 0 heterocycles. The van der Waals surface area contributed by atoms with Gasteiger partial charge >= 0.3 is 0 Å². The number of rotatable bonds is 2. The zero-order valence-electron chi connectivity index (χ0n) is 7.37. The largest absolute Gasteiger partial charge is 0.390 e. The molecule has 1 N–H and O–H groups in total. The van der Waals surface area contributed by atoms with Crippen molar-refractivity contribution >= 4 is 0 Å². The van der Waals surface area contributed by atoms with Crippen LogP contribution in [-0.4, -0.2) is 10.7 Å². The molecule has 66 valence electrons. The molecule has 0 aromatic heterocycles. The Labute approximate surface area is 73.5 Å². The number of allylic oxidation sites excluding steroid dienone is 2. The Bertz CT molecular complexity index is 227. The van der Waals surface area contributed by atoms with Crippen LogP contribution in [0.4, 0.5) is 0 Å². The fourth-order valence-corrected chi connectivity index (χ4v) is 2.97. The van der Waals surface area contributed by atoms with E-state index in [4.69, 9.17) is 0 Å². The van der Waals surface area contributed by atoms with Gasteiger partial charge in [0.2, 0.25) is 0 Å². The number of hydrogen-bond donors (Lipinski definition) is 1. The molecule has 0 aromatic rings. The number of fused-ring (bicyclic) bond motifs is 2. The average Bonchev–Trinajstić information content (AvgIpc) is 2.48. The summed E-state index contributed by atoms with van der Waals surface area (Å²) in [6, 6.07) is 0. The summed E-state index contributed by atoms with van der Waals surface area (Å²) in [6.07, 6.45) is 10.7. The summed E-state index contributed by atoms with van der Waals surface area (Å²) in [7, 11) is 0. The highest BCUT2D eigenvalue weighted by molar-refractivity contribution is 5.12. The highest BCUT2D eigenvalue weighted by Crippen LogP contribution is 2.51. The van der Waals surface area contributed by atoms with E-state index in [2.05, 4.69) is 12.2 Å². The zero-order valence-corrected chi connectivity index (χ0v) is 7.37. The highest BCUT2D eigenvalue weighted by atomic mass is 16.3. The quantitative estimate of drug-likeness (QED) is 0.620. The van der Waals surface area contributed by atoms with Crippen molar-refractivity contribution < 1.29 is 5.11 Å². The van der Waals surface area contributed by atoms with Gasteiger partial charge in [-0.3, -0.25) is 0 Å². The van der Waals surface area contributed by atoms with Gasteiger partial charge in [-0.15, -0.1) is 0 Å². The fraction of sp³-hybridized carbons (Fsp3) is 0.818. The van der Waals surface area contributed by atoms with Crippen molar-refractivity contribution in [3.63, 3.8) is 0 Å². The van der Waals surface area contributed by atoms with E-state index in [0.29, 0.717) is 0 Å². The Morgan fingerprint density at radius 1 is 1.25 bits per heavy atom. The minimum absolute atomic E-state index is 0.219. The number of aliphatic hydroxyl groups is 1. The zero-order chi connectivity index (χ0) is 8.18. The van der Waals surface area contributed by atoms with Gasteiger partial charge in [0.1, 0.15) is 0 Å². The summed E-state index contributed by atoms with van der Waals surface area (Å²) in [5.74, 6) is 2.49. The van der Waals surface area contributed by atoms with Gasteiger partial charge in [0.05, 0.1) is 5.60 Å². The fourth-order valence-electron chi connectivity index (χ4n) is 2.97. The molecule has 3 unspecified atom stereocenters. The van der Waals surface area contributed by atoms with Gasteiger partial charge in [0.15, 0.2) is 0 Å². The van der Waals surface area contributed by atoms with Crippen molar-refractivity contribution in [2.75, 3.05) is 0 Å². The third-order valence-corrected chi connectivity index (χ3v) is 3.89. The minimum atomic E-state index is -0.219. The molecule has 0 radical (unpaired) electrons. The van der Waals surface area contributed by atoms with Gasteiger partial charge in [-0.25, -0.2) is 0 Å². The molecule has 0 aliphatic heterocycles. The monoisotopic (exact) mass is 164 g/mol. The Morgan fingerprint density at radius 2 is 2.08 bits per heavy atom. The molecule has 0 amide bonds. The average molecular weight is 164 g/mol. The van der Waals surface area contributed by atoms with Crippen LogP contribution in [0.5, 0.6) is 0 Å². The molecule has 3 aliphatic rings. The standard InChI is InChI=1S/C11H16O/c12-11(3-4-11)7-10-6-8-1-2-9(10)5-8/h1-2,8-10,12H,3-7H2. The molecule has 12 heavy (non-hydrogen) atoms. The second kappa shape index (κ2) is 2.14. The lowest BCUT2D eigenvalue weighted by atomic mass is 9.88. The third kappa shape index (κ3) is 1.03. The normalized spacial score (nSPS) is 46.9. The molecule has 2 fully saturated rings. The second-order valence-corrected chi connectivity index (χ2v) is 4.97. The van der Waals surface area contributed by atoms with Crippen LogP contribution < -0.4 is 0 Å². The summed E-state index contributed by atoms with van der Waals surface area (Å²) in [5, 5.41) is 9.79. The van der Waals surface area contributed by atoms with E-state index < -0.39 is 0 Å². The van der Waals surface area contributed by atoms with Crippen LogP contribution in [0.15, 0.2) is 12.2 Å². The lowest BCUT2D eigenvalue weighted by Crippen LogP contribution is -2.17. The molecule has 3 aliphatic carbocycles. The van der Waals surface area contributed by atoms with Gasteiger partial charge in [-0.1, -0.05) is 12.2 Å². The van der Waals surface area contributed by atoms with Gasteiger partial charge in [0, 0.05) is 0 Å². The van der Waals surface area contributed by atoms with Crippen LogP contribution in [0.1, 0.15) is 32.1 Å². The van der Waals surface area contributed by atoms with Gasteiger partial charge < -0.3 is 5.11 Å². The molecule has 3 atom stereocenters. The summed E-state index contributed by atoms with van der Waals surface area (Å²) >= 11 is 0. The molecular formula is C11H16O. The molecule has 2 saturated carbocycles. The van der Waals surface area contributed by atoms with Crippen LogP contribution in [-0.2, 0) is 0 Å². The van der Waals surface area contributed by atoms with Crippen LogP contribution in [0.25, 0.3) is 0 Å².